The Morgan fingerprint density at radius 2 is 2.29 bits per heavy atom. The molecular weight excluding hydrogens is 241 g/mol. The third kappa shape index (κ3) is 2.26. The van der Waals surface area contributed by atoms with E-state index in [1.54, 1.807) is 6.92 Å². The number of halogens is 3. The van der Waals surface area contributed by atoms with Crippen LogP contribution in [0.3, 0.4) is 0 Å². The second-order valence-electron chi connectivity index (χ2n) is 3.59. The zero-order valence-corrected chi connectivity index (χ0v) is 8.80. The Morgan fingerprint density at radius 1 is 1.59 bits per heavy atom. The maximum atomic E-state index is 12.1. The SMILES string of the molecule is Cc1noc2c1C(OC(=O)C(F)(F)F)NCC2. The Kier molecular flexibility index (Phi) is 2.82. The summed E-state index contributed by atoms with van der Waals surface area (Å²) in [7, 11) is 0. The molecule has 0 fully saturated rings. The minimum Gasteiger partial charge on any atom is -0.435 e. The maximum absolute atomic E-state index is 12.1. The molecule has 0 spiro atoms. The third-order valence-electron chi connectivity index (χ3n) is 2.38. The summed E-state index contributed by atoms with van der Waals surface area (Å²) in [6, 6.07) is 0. The second-order valence-corrected chi connectivity index (χ2v) is 3.59. The van der Waals surface area contributed by atoms with Crippen molar-refractivity contribution in [3.8, 4) is 0 Å². The smallest absolute Gasteiger partial charge is 0.435 e. The van der Waals surface area contributed by atoms with Crippen LogP contribution >= 0.6 is 0 Å². The van der Waals surface area contributed by atoms with Crippen LogP contribution in [0.2, 0.25) is 0 Å². The highest BCUT2D eigenvalue weighted by molar-refractivity contribution is 5.75. The van der Waals surface area contributed by atoms with E-state index >= 15 is 0 Å². The number of esters is 1. The Morgan fingerprint density at radius 3 is 2.94 bits per heavy atom. The zero-order chi connectivity index (χ0) is 12.6. The molecule has 1 unspecified atom stereocenters. The number of aryl methyl sites for hydroxylation is 1. The topological polar surface area (TPSA) is 64.4 Å². The molecule has 94 valence electrons. The van der Waals surface area contributed by atoms with Crippen molar-refractivity contribution in [2.45, 2.75) is 25.7 Å². The molecule has 0 aromatic carbocycles. The van der Waals surface area contributed by atoms with Gasteiger partial charge in [0.2, 0.25) is 0 Å². The van der Waals surface area contributed by atoms with Crippen molar-refractivity contribution >= 4 is 5.97 Å². The van der Waals surface area contributed by atoms with Crippen LogP contribution in [0.15, 0.2) is 4.52 Å². The van der Waals surface area contributed by atoms with Gasteiger partial charge in [-0.2, -0.15) is 13.2 Å². The van der Waals surface area contributed by atoms with E-state index < -0.39 is 18.4 Å². The highest BCUT2D eigenvalue weighted by atomic mass is 19.4. The van der Waals surface area contributed by atoms with Crippen molar-refractivity contribution in [3.05, 3.63) is 17.0 Å². The van der Waals surface area contributed by atoms with Gasteiger partial charge in [-0.15, -0.1) is 0 Å². The Bertz CT molecular complexity index is 441. The molecule has 0 saturated carbocycles. The summed E-state index contributed by atoms with van der Waals surface area (Å²) in [6.07, 6.45) is -5.67. The number of ether oxygens (including phenoxy) is 1. The minimum absolute atomic E-state index is 0.359. The molecule has 17 heavy (non-hydrogen) atoms. The summed E-state index contributed by atoms with van der Waals surface area (Å²) in [5, 5.41) is 6.29. The summed E-state index contributed by atoms with van der Waals surface area (Å²) >= 11 is 0. The van der Waals surface area contributed by atoms with E-state index in [2.05, 4.69) is 15.2 Å². The van der Waals surface area contributed by atoms with Crippen molar-refractivity contribution in [1.82, 2.24) is 10.5 Å². The number of carbonyl (C=O) groups excluding carboxylic acids is 1. The molecule has 1 aromatic rings. The van der Waals surface area contributed by atoms with E-state index in [-0.39, 0.29) is 0 Å². The van der Waals surface area contributed by atoms with Gasteiger partial charge in [0.05, 0.1) is 11.3 Å². The predicted molar refractivity (Wildman–Crippen MR) is 47.8 cm³/mol. The van der Waals surface area contributed by atoms with Crippen LogP contribution in [0.25, 0.3) is 0 Å². The van der Waals surface area contributed by atoms with Gasteiger partial charge in [-0.3, -0.25) is 5.32 Å². The fourth-order valence-corrected chi connectivity index (χ4v) is 1.63. The van der Waals surface area contributed by atoms with Gasteiger partial charge in [0.25, 0.3) is 0 Å². The molecule has 1 aliphatic rings. The molecule has 8 heteroatoms. The van der Waals surface area contributed by atoms with E-state index in [0.717, 1.165) is 0 Å². The van der Waals surface area contributed by atoms with Crippen LogP contribution in [-0.4, -0.2) is 23.8 Å². The van der Waals surface area contributed by atoms with E-state index in [4.69, 9.17) is 4.52 Å². The summed E-state index contributed by atoms with van der Waals surface area (Å²) < 4.78 is 45.5. The van der Waals surface area contributed by atoms with E-state index in [9.17, 15) is 18.0 Å². The van der Waals surface area contributed by atoms with Gasteiger partial charge in [-0.1, -0.05) is 5.16 Å². The van der Waals surface area contributed by atoms with Gasteiger partial charge in [0.15, 0.2) is 6.23 Å². The fraction of sp³-hybridized carbons (Fsp3) is 0.556. The fourth-order valence-electron chi connectivity index (χ4n) is 1.63. The van der Waals surface area contributed by atoms with Crippen LogP contribution in [-0.2, 0) is 16.0 Å². The number of nitrogens with one attached hydrogen (secondary N) is 1. The number of hydrogen-bond acceptors (Lipinski definition) is 5. The molecule has 1 aliphatic heterocycles. The molecule has 2 heterocycles. The summed E-state index contributed by atoms with van der Waals surface area (Å²) in [5.41, 5.74) is 0.779. The molecule has 1 atom stereocenters. The van der Waals surface area contributed by atoms with Crippen molar-refractivity contribution in [2.75, 3.05) is 6.54 Å². The highest BCUT2D eigenvalue weighted by Crippen LogP contribution is 2.29. The van der Waals surface area contributed by atoms with Gasteiger partial charge >= 0.3 is 12.1 Å². The van der Waals surface area contributed by atoms with Gasteiger partial charge in [0.1, 0.15) is 5.76 Å². The molecule has 2 rings (SSSR count). The lowest BCUT2D eigenvalue weighted by atomic mass is 10.1. The minimum atomic E-state index is -5.01. The van der Waals surface area contributed by atoms with Gasteiger partial charge in [-0.05, 0) is 6.92 Å². The van der Waals surface area contributed by atoms with Crippen LogP contribution in [0.4, 0.5) is 13.2 Å². The highest BCUT2D eigenvalue weighted by Gasteiger charge is 2.43. The number of hydrogen-bond donors (Lipinski definition) is 1. The Labute approximate surface area is 93.9 Å². The predicted octanol–water partition coefficient (Wildman–Crippen LogP) is 1.23. The Hall–Kier alpha value is -1.57. The average molecular weight is 250 g/mol. The Balaban J connectivity index is 2.19. The lowest BCUT2D eigenvalue weighted by Gasteiger charge is -2.23. The van der Waals surface area contributed by atoms with Crippen LogP contribution in [0.1, 0.15) is 23.2 Å². The van der Waals surface area contributed by atoms with E-state index in [1.807, 2.05) is 0 Å². The van der Waals surface area contributed by atoms with Crippen molar-refractivity contribution in [2.24, 2.45) is 0 Å². The number of alkyl halides is 3. The number of fused-ring (bicyclic) bond motifs is 1. The zero-order valence-electron chi connectivity index (χ0n) is 8.80. The first-order valence-electron chi connectivity index (χ1n) is 4.86. The normalized spacial score (nSPS) is 19.9. The first-order valence-corrected chi connectivity index (χ1v) is 4.86. The first kappa shape index (κ1) is 11.9. The monoisotopic (exact) mass is 250 g/mol. The van der Waals surface area contributed by atoms with E-state index in [0.29, 0.717) is 30.0 Å². The molecule has 0 aliphatic carbocycles. The van der Waals surface area contributed by atoms with Gasteiger partial charge < -0.3 is 9.26 Å². The van der Waals surface area contributed by atoms with Crippen molar-refractivity contribution in [3.63, 3.8) is 0 Å². The third-order valence-corrected chi connectivity index (χ3v) is 2.38. The maximum Gasteiger partial charge on any atom is 0.490 e. The van der Waals surface area contributed by atoms with Crippen LogP contribution < -0.4 is 5.32 Å². The van der Waals surface area contributed by atoms with Crippen molar-refractivity contribution in [1.29, 1.82) is 0 Å². The largest absolute Gasteiger partial charge is 0.490 e. The molecule has 1 aromatic heterocycles. The molecule has 5 nitrogen and oxygen atoms in total. The molecular formula is C9H9F3N2O3. The van der Waals surface area contributed by atoms with Crippen LogP contribution in [0, 0.1) is 6.92 Å². The molecule has 0 bridgehead atoms. The quantitative estimate of drug-likeness (QED) is 0.759. The number of nitrogens with zero attached hydrogens (tertiary/aromatic N) is 1. The van der Waals surface area contributed by atoms with E-state index in [1.165, 1.54) is 0 Å². The van der Waals surface area contributed by atoms with Gasteiger partial charge in [0, 0.05) is 13.0 Å². The lowest BCUT2D eigenvalue weighted by Crippen LogP contribution is -2.36. The number of aromatic nitrogens is 1. The molecule has 0 amide bonds. The number of rotatable bonds is 1. The second kappa shape index (κ2) is 4.02. The summed E-state index contributed by atoms with van der Waals surface area (Å²) in [5.74, 6) is -1.79. The number of carbonyl (C=O) groups is 1. The van der Waals surface area contributed by atoms with Gasteiger partial charge in [-0.25, -0.2) is 4.79 Å². The lowest BCUT2D eigenvalue weighted by molar-refractivity contribution is -0.207. The first-order chi connectivity index (χ1) is 7.89. The summed E-state index contributed by atoms with van der Waals surface area (Å²) in [6.45, 7) is 1.93. The van der Waals surface area contributed by atoms with Crippen LogP contribution in [0.5, 0.6) is 0 Å². The summed E-state index contributed by atoms with van der Waals surface area (Å²) in [4.78, 5) is 10.7. The average Bonchev–Trinajstić information content (AvgIpc) is 2.60. The molecule has 0 radical (unpaired) electrons. The molecule has 0 saturated heterocycles. The van der Waals surface area contributed by atoms with Crippen molar-refractivity contribution < 1.29 is 27.2 Å². The molecule has 1 N–H and O–H groups in total. The standard InChI is InChI=1S/C9H9F3N2O3/c1-4-6-5(17-14-4)2-3-13-7(6)16-8(15)9(10,11)12/h7,13H,2-3H2,1H3.